The van der Waals surface area contributed by atoms with Crippen molar-refractivity contribution in [2.75, 3.05) is 13.1 Å². The lowest BCUT2D eigenvalue weighted by Gasteiger charge is -2.11. The average molecular weight is 201 g/mol. The van der Waals surface area contributed by atoms with Crippen molar-refractivity contribution in [3.8, 4) is 0 Å². The summed E-state index contributed by atoms with van der Waals surface area (Å²) in [6.07, 6.45) is 1.85. The predicted molar refractivity (Wildman–Crippen MR) is 54.6 cm³/mol. The molecule has 1 unspecified atom stereocenters. The minimum absolute atomic E-state index is 0.0381. The van der Waals surface area contributed by atoms with Gasteiger partial charge >= 0.3 is 11.8 Å². The molecule has 0 rings (SSSR count). The highest BCUT2D eigenvalue weighted by molar-refractivity contribution is 6.35. The van der Waals surface area contributed by atoms with Crippen LogP contribution in [0.3, 0.4) is 0 Å². The van der Waals surface area contributed by atoms with Gasteiger partial charge < -0.3 is 16.4 Å². The smallest absolute Gasteiger partial charge is 0.309 e. The molecule has 0 aromatic carbocycles. The number of nitrogens with two attached hydrogens (primary N) is 1. The van der Waals surface area contributed by atoms with E-state index in [1.54, 1.807) is 0 Å². The van der Waals surface area contributed by atoms with E-state index < -0.39 is 11.8 Å². The molecule has 0 saturated carbocycles. The minimum atomic E-state index is -0.613. The molecular formula is C9H19N3O2. The van der Waals surface area contributed by atoms with Crippen LogP contribution in [-0.4, -0.2) is 30.9 Å². The van der Waals surface area contributed by atoms with Gasteiger partial charge in [0.15, 0.2) is 0 Å². The van der Waals surface area contributed by atoms with E-state index in [0.717, 1.165) is 12.8 Å². The molecular weight excluding hydrogens is 182 g/mol. The van der Waals surface area contributed by atoms with Gasteiger partial charge in [-0.3, -0.25) is 9.59 Å². The number of rotatable bonds is 5. The molecule has 0 aliphatic heterocycles. The fourth-order valence-corrected chi connectivity index (χ4v) is 1.06. The molecule has 5 nitrogen and oxygen atoms in total. The maximum atomic E-state index is 11.2. The molecule has 0 aromatic rings. The Morgan fingerprint density at radius 2 is 2.00 bits per heavy atom. The van der Waals surface area contributed by atoms with Crippen molar-refractivity contribution in [2.24, 2.45) is 5.73 Å². The maximum absolute atomic E-state index is 11.2. The van der Waals surface area contributed by atoms with E-state index in [9.17, 15) is 9.59 Å². The van der Waals surface area contributed by atoms with E-state index in [1.807, 2.05) is 13.8 Å². The maximum Gasteiger partial charge on any atom is 0.309 e. The summed E-state index contributed by atoms with van der Waals surface area (Å²) in [6.45, 7) is 4.56. The largest absolute Gasteiger partial charge is 0.347 e. The molecule has 0 saturated heterocycles. The van der Waals surface area contributed by atoms with Crippen molar-refractivity contribution in [3.05, 3.63) is 0 Å². The van der Waals surface area contributed by atoms with Crippen LogP contribution in [0.15, 0.2) is 0 Å². The van der Waals surface area contributed by atoms with Crippen molar-refractivity contribution in [3.63, 3.8) is 0 Å². The first-order valence-corrected chi connectivity index (χ1v) is 4.90. The summed E-state index contributed by atoms with van der Waals surface area (Å²) >= 11 is 0. The molecule has 0 radical (unpaired) electrons. The van der Waals surface area contributed by atoms with E-state index in [4.69, 9.17) is 5.73 Å². The van der Waals surface area contributed by atoms with E-state index in [-0.39, 0.29) is 6.04 Å². The van der Waals surface area contributed by atoms with Gasteiger partial charge in [0.2, 0.25) is 0 Å². The molecule has 1 atom stereocenters. The van der Waals surface area contributed by atoms with E-state index in [2.05, 4.69) is 10.6 Å². The van der Waals surface area contributed by atoms with Gasteiger partial charge in [-0.2, -0.15) is 0 Å². The Balaban J connectivity index is 3.77. The van der Waals surface area contributed by atoms with Gasteiger partial charge in [0.25, 0.3) is 0 Å². The van der Waals surface area contributed by atoms with Crippen LogP contribution in [0.1, 0.15) is 26.7 Å². The zero-order valence-electron chi connectivity index (χ0n) is 8.80. The van der Waals surface area contributed by atoms with Crippen molar-refractivity contribution < 1.29 is 9.59 Å². The molecule has 0 heterocycles. The number of hydrogen-bond donors (Lipinski definition) is 3. The van der Waals surface area contributed by atoms with Gasteiger partial charge in [0.1, 0.15) is 0 Å². The molecule has 4 N–H and O–H groups in total. The first kappa shape index (κ1) is 12.9. The third-order valence-electron chi connectivity index (χ3n) is 1.74. The molecule has 0 bridgehead atoms. The van der Waals surface area contributed by atoms with Crippen LogP contribution < -0.4 is 16.4 Å². The molecule has 0 aromatic heterocycles. The fourth-order valence-electron chi connectivity index (χ4n) is 1.06. The SMILES string of the molecule is CCCC(C)NC(=O)C(=O)NCCN. The Kier molecular flexibility index (Phi) is 6.74. The van der Waals surface area contributed by atoms with E-state index >= 15 is 0 Å². The molecule has 82 valence electrons. The lowest BCUT2D eigenvalue weighted by atomic mass is 10.2. The highest BCUT2D eigenvalue weighted by Crippen LogP contribution is 1.93. The van der Waals surface area contributed by atoms with E-state index in [1.165, 1.54) is 0 Å². The summed E-state index contributed by atoms with van der Waals surface area (Å²) < 4.78 is 0. The number of amides is 2. The van der Waals surface area contributed by atoms with Crippen molar-refractivity contribution >= 4 is 11.8 Å². The highest BCUT2D eigenvalue weighted by Gasteiger charge is 2.14. The Hall–Kier alpha value is -1.10. The molecule has 0 fully saturated rings. The van der Waals surface area contributed by atoms with Crippen LogP contribution in [0.2, 0.25) is 0 Å². The Bertz CT molecular complexity index is 194. The van der Waals surface area contributed by atoms with Gasteiger partial charge in [-0.15, -0.1) is 0 Å². The second kappa shape index (κ2) is 7.32. The van der Waals surface area contributed by atoms with Gasteiger partial charge in [0.05, 0.1) is 0 Å². The molecule has 0 aliphatic rings. The first-order chi connectivity index (χ1) is 6.61. The third-order valence-corrected chi connectivity index (χ3v) is 1.74. The molecule has 2 amide bonds. The van der Waals surface area contributed by atoms with Crippen LogP contribution in [0.4, 0.5) is 0 Å². The summed E-state index contributed by atoms with van der Waals surface area (Å²) in [4.78, 5) is 22.2. The Labute approximate surface area is 84.4 Å². The zero-order valence-corrected chi connectivity index (χ0v) is 8.80. The normalized spacial score (nSPS) is 11.9. The number of carbonyl (C=O) groups excluding carboxylic acids is 2. The summed E-state index contributed by atoms with van der Waals surface area (Å²) in [7, 11) is 0. The first-order valence-electron chi connectivity index (χ1n) is 4.90. The van der Waals surface area contributed by atoms with Gasteiger partial charge in [-0.05, 0) is 13.3 Å². The van der Waals surface area contributed by atoms with Crippen molar-refractivity contribution in [2.45, 2.75) is 32.7 Å². The molecule has 5 heteroatoms. The molecule has 0 spiro atoms. The average Bonchev–Trinajstić information content (AvgIpc) is 2.14. The summed E-state index contributed by atoms with van der Waals surface area (Å²) in [5.74, 6) is -1.20. The topological polar surface area (TPSA) is 84.2 Å². The summed E-state index contributed by atoms with van der Waals surface area (Å²) in [6, 6.07) is 0.0381. The minimum Gasteiger partial charge on any atom is -0.347 e. The number of nitrogens with one attached hydrogen (secondary N) is 2. The Morgan fingerprint density at radius 3 is 2.50 bits per heavy atom. The lowest BCUT2D eigenvalue weighted by Crippen LogP contribution is -2.44. The van der Waals surface area contributed by atoms with Crippen LogP contribution in [0.25, 0.3) is 0 Å². The highest BCUT2D eigenvalue weighted by atomic mass is 16.2. The van der Waals surface area contributed by atoms with Crippen LogP contribution in [-0.2, 0) is 9.59 Å². The summed E-state index contributed by atoms with van der Waals surface area (Å²) in [5, 5.41) is 5.00. The van der Waals surface area contributed by atoms with Crippen molar-refractivity contribution in [1.29, 1.82) is 0 Å². The van der Waals surface area contributed by atoms with Crippen LogP contribution >= 0.6 is 0 Å². The lowest BCUT2D eigenvalue weighted by molar-refractivity contribution is -0.139. The number of hydrogen-bond acceptors (Lipinski definition) is 3. The molecule has 14 heavy (non-hydrogen) atoms. The summed E-state index contributed by atoms with van der Waals surface area (Å²) in [5.41, 5.74) is 5.18. The van der Waals surface area contributed by atoms with Crippen molar-refractivity contribution in [1.82, 2.24) is 10.6 Å². The number of carbonyl (C=O) groups is 2. The van der Waals surface area contributed by atoms with Gasteiger partial charge in [-0.25, -0.2) is 0 Å². The Morgan fingerprint density at radius 1 is 1.36 bits per heavy atom. The quantitative estimate of drug-likeness (QED) is 0.518. The second-order valence-corrected chi connectivity index (χ2v) is 3.21. The molecule has 0 aliphatic carbocycles. The van der Waals surface area contributed by atoms with Gasteiger partial charge in [-0.1, -0.05) is 13.3 Å². The zero-order chi connectivity index (χ0) is 11.0. The predicted octanol–water partition coefficient (Wildman–Crippen LogP) is -0.634. The standard InChI is InChI=1S/C9H19N3O2/c1-3-4-7(2)12-9(14)8(13)11-6-5-10/h7H,3-6,10H2,1-2H3,(H,11,13)(H,12,14). The van der Waals surface area contributed by atoms with Crippen LogP contribution in [0, 0.1) is 0 Å². The van der Waals surface area contributed by atoms with Gasteiger partial charge in [0, 0.05) is 19.1 Å². The second-order valence-electron chi connectivity index (χ2n) is 3.21. The van der Waals surface area contributed by atoms with Crippen LogP contribution in [0.5, 0.6) is 0 Å². The van der Waals surface area contributed by atoms with E-state index in [0.29, 0.717) is 13.1 Å². The fraction of sp³-hybridized carbons (Fsp3) is 0.778. The monoisotopic (exact) mass is 201 g/mol. The third kappa shape index (κ3) is 5.53.